The first kappa shape index (κ1) is 22.3. The fourth-order valence-corrected chi connectivity index (χ4v) is 8.51. The van der Waals surface area contributed by atoms with Crippen LogP contribution in [-0.4, -0.2) is 25.7 Å². The van der Waals surface area contributed by atoms with E-state index < -0.39 is 38.0 Å². The highest BCUT2D eigenvalue weighted by molar-refractivity contribution is 7.73. The summed E-state index contributed by atoms with van der Waals surface area (Å²) in [5.41, 5.74) is 0. The lowest BCUT2D eigenvalue weighted by Crippen LogP contribution is -2.42. The molecule has 0 saturated heterocycles. The molecule has 0 aromatic carbocycles. The largest absolute Gasteiger partial charge is 0.347 e. The van der Waals surface area contributed by atoms with Gasteiger partial charge >= 0.3 is 15.2 Å². The lowest BCUT2D eigenvalue weighted by molar-refractivity contribution is 0.0778. The van der Waals surface area contributed by atoms with Gasteiger partial charge in [-0.25, -0.2) is 0 Å². The van der Waals surface area contributed by atoms with Crippen LogP contribution in [0.4, 0.5) is 0 Å². The van der Waals surface area contributed by atoms with Crippen LogP contribution in [0.25, 0.3) is 0 Å². The van der Waals surface area contributed by atoms with Crippen molar-refractivity contribution in [3.8, 4) is 0 Å². The maximum Gasteiger partial charge on any atom is 0.347 e. The van der Waals surface area contributed by atoms with Gasteiger partial charge in [-0.05, 0) is 23.7 Å². The molecule has 3 N–H and O–H groups in total. The third-order valence-corrected chi connectivity index (χ3v) is 10.2. The van der Waals surface area contributed by atoms with E-state index in [1.807, 2.05) is 27.7 Å². The molecule has 0 bridgehead atoms. The fraction of sp³-hybridized carbons (Fsp3) is 1.00. The van der Waals surface area contributed by atoms with Crippen molar-refractivity contribution < 1.29 is 28.3 Å². The van der Waals surface area contributed by atoms with Crippen LogP contribution >= 0.6 is 15.2 Å². The van der Waals surface area contributed by atoms with E-state index in [4.69, 9.17) is 4.52 Å². The monoisotopic (exact) mass is 358 g/mol. The molecule has 134 valence electrons. The lowest BCUT2D eigenvalue weighted by atomic mass is 9.97. The van der Waals surface area contributed by atoms with Gasteiger partial charge in [0.25, 0.3) is 0 Å². The van der Waals surface area contributed by atoms with E-state index in [1.165, 1.54) is 0 Å². The normalized spacial score (nSPS) is 17.1. The van der Waals surface area contributed by atoms with Crippen LogP contribution in [0.5, 0.6) is 0 Å². The van der Waals surface area contributed by atoms with Gasteiger partial charge in [-0.3, -0.25) is 9.13 Å². The Kier molecular flexibility index (Phi) is 7.56. The van der Waals surface area contributed by atoms with Crippen molar-refractivity contribution in [3.63, 3.8) is 0 Å². The van der Waals surface area contributed by atoms with E-state index in [0.29, 0.717) is 0 Å². The molecule has 0 aromatic heterocycles. The molecule has 0 rings (SSSR count). The van der Waals surface area contributed by atoms with E-state index >= 15 is 0 Å². The first-order chi connectivity index (χ1) is 9.62. The molecular weight excluding hydrogens is 326 g/mol. The molecule has 0 aromatic rings. The zero-order valence-electron chi connectivity index (χ0n) is 14.8. The predicted octanol–water partition coefficient (Wildman–Crippen LogP) is 4.06. The van der Waals surface area contributed by atoms with Gasteiger partial charge < -0.3 is 19.2 Å². The molecule has 0 fully saturated rings. The SMILES string of the molecule is CC(C)C(OP(=O)(O)C(C(C)C)(C(C)C)P(=O)(O)O)C(C)C. The smallest absolute Gasteiger partial charge is 0.324 e. The Morgan fingerprint density at radius 2 is 1.09 bits per heavy atom. The Balaban J connectivity index is 6.15. The molecule has 1 unspecified atom stereocenters. The summed E-state index contributed by atoms with van der Waals surface area (Å²) < 4.78 is 30.7. The molecule has 0 aliphatic rings. The summed E-state index contributed by atoms with van der Waals surface area (Å²) in [6.45, 7) is 13.6. The highest BCUT2D eigenvalue weighted by Gasteiger charge is 2.65. The van der Waals surface area contributed by atoms with Crippen LogP contribution in [0.2, 0.25) is 0 Å². The number of hydrogen-bond donors (Lipinski definition) is 3. The van der Waals surface area contributed by atoms with E-state index in [2.05, 4.69) is 0 Å². The molecule has 0 aliphatic carbocycles. The van der Waals surface area contributed by atoms with Crippen LogP contribution < -0.4 is 0 Å². The van der Waals surface area contributed by atoms with Crippen molar-refractivity contribution >= 4 is 15.2 Å². The van der Waals surface area contributed by atoms with Gasteiger partial charge in [0.1, 0.15) is 0 Å². The molecule has 0 saturated carbocycles. The van der Waals surface area contributed by atoms with E-state index in [0.717, 1.165) is 0 Å². The summed E-state index contributed by atoms with van der Waals surface area (Å²) in [7, 11) is -9.49. The van der Waals surface area contributed by atoms with Gasteiger partial charge in [-0.15, -0.1) is 0 Å². The van der Waals surface area contributed by atoms with Gasteiger partial charge in [0.15, 0.2) is 4.90 Å². The minimum absolute atomic E-state index is 0.0470. The van der Waals surface area contributed by atoms with Crippen molar-refractivity contribution in [1.82, 2.24) is 0 Å². The molecule has 1 atom stereocenters. The van der Waals surface area contributed by atoms with Crippen LogP contribution in [-0.2, 0) is 13.7 Å². The van der Waals surface area contributed by atoms with E-state index in [9.17, 15) is 23.8 Å². The number of hydrogen-bond acceptors (Lipinski definition) is 3. The third-order valence-electron chi connectivity index (χ3n) is 4.20. The zero-order chi connectivity index (χ0) is 18.1. The van der Waals surface area contributed by atoms with Gasteiger partial charge in [0, 0.05) is 0 Å². The Hall–Kier alpha value is 0.300. The average Bonchev–Trinajstić information content (AvgIpc) is 2.21. The minimum Gasteiger partial charge on any atom is -0.324 e. The first-order valence-electron chi connectivity index (χ1n) is 7.69. The Morgan fingerprint density at radius 3 is 1.27 bits per heavy atom. The molecule has 0 aliphatic heterocycles. The predicted molar refractivity (Wildman–Crippen MR) is 88.8 cm³/mol. The highest BCUT2D eigenvalue weighted by atomic mass is 31.2. The van der Waals surface area contributed by atoms with Gasteiger partial charge in [0.2, 0.25) is 0 Å². The standard InChI is InChI=1S/C14H32O6P2/c1-9(2)13(10(3)4)20-22(18,19)14(11(5)6,12(7)8)21(15,16)17/h9-13H,1-8H3,(H,18,19)(H2,15,16,17). The summed E-state index contributed by atoms with van der Waals surface area (Å²) in [5.74, 6) is -1.53. The van der Waals surface area contributed by atoms with Crippen LogP contribution in [0, 0.1) is 23.7 Å². The molecule has 22 heavy (non-hydrogen) atoms. The first-order valence-corrected chi connectivity index (χ1v) is 10.9. The minimum atomic E-state index is -4.90. The van der Waals surface area contributed by atoms with E-state index in [-0.39, 0.29) is 11.8 Å². The van der Waals surface area contributed by atoms with Crippen molar-refractivity contribution in [2.45, 2.75) is 66.4 Å². The molecular formula is C14H32O6P2. The summed E-state index contributed by atoms with van der Waals surface area (Å²) in [5, 5.41) is 0. The van der Waals surface area contributed by atoms with E-state index in [1.54, 1.807) is 27.7 Å². The average molecular weight is 358 g/mol. The second-order valence-corrected chi connectivity index (χ2v) is 11.4. The fourth-order valence-electron chi connectivity index (χ4n) is 3.42. The van der Waals surface area contributed by atoms with Crippen LogP contribution in [0.1, 0.15) is 55.4 Å². The maximum atomic E-state index is 13.0. The van der Waals surface area contributed by atoms with Gasteiger partial charge in [-0.1, -0.05) is 55.4 Å². The third kappa shape index (κ3) is 4.03. The summed E-state index contributed by atoms with van der Waals surface area (Å²) in [6.07, 6.45) is -0.556. The van der Waals surface area contributed by atoms with Crippen molar-refractivity contribution in [1.29, 1.82) is 0 Å². The molecule has 0 amide bonds. The van der Waals surface area contributed by atoms with Gasteiger partial charge in [0.05, 0.1) is 6.10 Å². The topological polar surface area (TPSA) is 104 Å². The Bertz CT molecular complexity index is 436. The Labute approximate surface area is 134 Å². The van der Waals surface area contributed by atoms with Crippen LogP contribution in [0.15, 0.2) is 0 Å². The molecule has 6 nitrogen and oxygen atoms in total. The molecule has 0 spiro atoms. The lowest BCUT2D eigenvalue weighted by Gasteiger charge is -2.44. The zero-order valence-corrected chi connectivity index (χ0v) is 16.6. The highest BCUT2D eigenvalue weighted by Crippen LogP contribution is 2.77. The maximum absolute atomic E-state index is 13.0. The Morgan fingerprint density at radius 1 is 0.773 bits per heavy atom. The number of rotatable bonds is 8. The quantitative estimate of drug-likeness (QED) is 0.565. The summed E-state index contributed by atoms with van der Waals surface area (Å²) in [4.78, 5) is 28.3. The second-order valence-electron chi connectivity index (χ2n) is 7.21. The second kappa shape index (κ2) is 7.46. The van der Waals surface area contributed by atoms with Crippen molar-refractivity contribution in [2.75, 3.05) is 0 Å². The van der Waals surface area contributed by atoms with Crippen molar-refractivity contribution in [2.24, 2.45) is 23.7 Å². The molecule has 8 heteroatoms. The summed E-state index contributed by atoms with van der Waals surface area (Å²) >= 11 is 0. The molecule has 0 heterocycles. The van der Waals surface area contributed by atoms with Crippen molar-refractivity contribution in [3.05, 3.63) is 0 Å². The van der Waals surface area contributed by atoms with Crippen LogP contribution in [0.3, 0.4) is 0 Å². The summed E-state index contributed by atoms with van der Waals surface area (Å²) in [6, 6.07) is 0. The van der Waals surface area contributed by atoms with Gasteiger partial charge in [-0.2, -0.15) is 0 Å². The molecule has 0 radical (unpaired) electrons.